The maximum Gasteiger partial charge on any atom is 0.232 e. The molecule has 4 N–H and O–H groups in total. The molecule has 11 heteroatoms. The van der Waals surface area contributed by atoms with E-state index in [4.69, 9.17) is 25.0 Å². The molecule has 0 spiro atoms. The van der Waals surface area contributed by atoms with E-state index in [0.717, 1.165) is 11.1 Å². The molecular formula is C19H21N7O3S. The predicted molar refractivity (Wildman–Crippen MR) is 114 cm³/mol. The number of nitrogens with one attached hydrogen (secondary N) is 1. The Kier molecular flexibility index (Phi) is 6.23. The molecule has 1 atom stereocenters. The molecule has 156 valence electrons. The number of nitrogen functional groups attached to an aromatic ring is 1. The highest BCUT2D eigenvalue weighted by Crippen LogP contribution is 2.28. The number of anilines is 2. The van der Waals surface area contributed by atoms with Crippen molar-refractivity contribution < 1.29 is 13.5 Å². The zero-order valence-corrected chi connectivity index (χ0v) is 16.9. The first kappa shape index (κ1) is 20.3. The SMILES string of the molecule is Nc1ccc(-c2cc(-c3cccnc3CNS(=O)O)nc(N3CCOCC3)n2)cn1. The third-order valence-corrected chi connectivity index (χ3v) is 5.01. The van der Waals surface area contributed by atoms with Crippen LogP contribution in [-0.4, -0.2) is 55.0 Å². The van der Waals surface area contributed by atoms with E-state index in [1.54, 1.807) is 24.5 Å². The summed E-state index contributed by atoms with van der Waals surface area (Å²) in [5.41, 5.74) is 9.24. The van der Waals surface area contributed by atoms with Crippen molar-refractivity contribution in [3.8, 4) is 22.5 Å². The Morgan fingerprint density at radius 2 is 1.97 bits per heavy atom. The maximum atomic E-state index is 11.1. The molecule has 0 bridgehead atoms. The van der Waals surface area contributed by atoms with Crippen molar-refractivity contribution in [2.45, 2.75) is 6.54 Å². The third-order valence-electron chi connectivity index (χ3n) is 4.62. The molecule has 4 heterocycles. The summed E-state index contributed by atoms with van der Waals surface area (Å²) >= 11 is -2.14. The first-order valence-electron chi connectivity index (χ1n) is 9.32. The smallest absolute Gasteiger partial charge is 0.232 e. The lowest BCUT2D eigenvalue weighted by molar-refractivity contribution is 0.122. The van der Waals surface area contributed by atoms with Gasteiger partial charge in [-0.3, -0.25) is 9.54 Å². The molecule has 4 rings (SSSR count). The zero-order chi connectivity index (χ0) is 20.9. The van der Waals surface area contributed by atoms with Crippen LogP contribution in [0.15, 0.2) is 42.7 Å². The molecular weight excluding hydrogens is 406 g/mol. The maximum absolute atomic E-state index is 11.1. The summed E-state index contributed by atoms with van der Waals surface area (Å²) in [5, 5.41) is 0. The number of pyridine rings is 2. The average Bonchev–Trinajstić information content (AvgIpc) is 2.78. The highest BCUT2D eigenvalue weighted by atomic mass is 32.2. The summed E-state index contributed by atoms with van der Waals surface area (Å²) in [7, 11) is 0. The second-order valence-corrected chi connectivity index (χ2v) is 7.36. The Balaban J connectivity index is 1.80. The van der Waals surface area contributed by atoms with E-state index in [1.807, 2.05) is 18.2 Å². The van der Waals surface area contributed by atoms with E-state index in [-0.39, 0.29) is 6.54 Å². The number of ether oxygens (including phenoxy) is 1. The van der Waals surface area contributed by atoms with Crippen molar-refractivity contribution >= 4 is 23.0 Å². The number of morpholine rings is 1. The van der Waals surface area contributed by atoms with Gasteiger partial charge in [-0.1, -0.05) is 0 Å². The number of hydrogen-bond acceptors (Lipinski definition) is 8. The summed E-state index contributed by atoms with van der Waals surface area (Å²) < 4.78 is 28.1. The quantitative estimate of drug-likeness (QED) is 0.496. The predicted octanol–water partition coefficient (Wildman–Crippen LogP) is 1.25. The second kappa shape index (κ2) is 9.22. The van der Waals surface area contributed by atoms with Gasteiger partial charge in [0.2, 0.25) is 17.2 Å². The van der Waals surface area contributed by atoms with Crippen LogP contribution in [0.3, 0.4) is 0 Å². The van der Waals surface area contributed by atoms with Crippen molar-refractivity contribution in [3.05, 3.63) is 48.4 Å². The van der Waals surface area contributed by atoms with Gasteiger partial charge in [0.05, 0.1) is 36.8 Å². The molecule has 3 aromatic rings. The van der Waals surface area contributed by atoms with Crippen LogP contribution in [0.2, 0.25) is 0 Å². The Labute approximate surface area is 176 Å². The fourth-order valence-corrected chi connectivity index (χ4v) is 3.38. The van der Waals surface area contributed by atoms with Crippen LogP contribution in [0.4, 0.5) is 11.8 Å². The lowest BCUT2D eigenvalue weighted by atomic mass is 10.1. The van der Waals surface area contributed by atoms with Crippen LogP contribution >= 0.6 is 0 Å². The molecule has 3 aromatic heterocycles. The zero-order valence-electron chi connectivity index (χ0n) is 16.1. The first-order valence-corrected chi connectivity index (χ1v) is 10.4. The molecule has 0 radical (unpaired) electrons. The van der Waals surface area contributed by atoms with Crippen molar-refractivity contribution in [1.29, 1.82) is 0 Å². The molecule has 1 unspecified atom stereocenters. The first-order chi connectivity index (χ1) is 14.6. The Bertz CT molecular complexity index is 1040. The van der Waals surface area contributed by atoms with Crippen LogP contribution in [-0.2, 0) is 22.5 Å². The largest absolute Gasteiger partial charge is 0.384 e. The van der Waals surface area contributed by atoms with E-state index in [0.29, 0.717) is 55.2 Å². The fraction of sp³-hybridized carbons (Fsp3) is 0.263. The molecule has 1 saturated heterocycles. The molecule has 0 aliphatic carbocycles. The molecule has 1 fully saturated rings. The van der Waals surface area contributed by atoms with E-state index < -0.39 is 11.3 Å². The van der Waals surface area contributed by atoms with Crippen LogP contribution in [0.1, 0.15) is 5.69 Å². The van der Waals surface area contributed by atoms with Crippen LogP contribution in [0, 0.1) is 0 Å². The van der Waals surface area contributed by atoms with E-state index in [9.17, 15) is 4.21 Å². The van der Waals surface area contributed by atoms with Gasteiger partial charge in [-0.15, -0.1) is 0 Å². The minimum atomic E-state index is -2.14. The van der Waals surface area contributed by atoms with E-state index in [2.05, 4.69) is 19.6 Å². The topological polar surface area (TPSA) is 139 Å². The van der Waals surface area contributed by atoms with E-state index in [1.165, 1.54) is 0 Å². The van der Waals surface area contributed by atoms with Crippen molar-refractivity contribution in [3.63, 3.8) is 0 Å². The summed E-state index contributed by atoms with van der Waals surface area (Å²) in [6, 6.07) is 9.11. The number of aromatic nitrogens is 4. The number of nitrogens with zero attached hydrogens (tertiary/aromatic N) is 5. The molecule has 30 heavy (non-hydrogen) atoms. The standard InChI is InChI=1S/C19H21N7O3S/c20-18-4-3-13(11-22-18)15-10-16(25-19(24-15)26-6-8-29-9-7-26)14-2-1-5-21-17(14)12-23-30(27)28/h1-5,10-11,23H,6-9,12H2,(H2,20,22)(H,27,28). The van der Waals surface area contributed by atoms with Gasteiger partial charge < -0.3 is 15.4 Å². The van der Waals surface area contributed by atoms with Gasteiger partial charge in [-0.05, 0) is 30.3 Å². The highest BCUT2D eigenvalue weighted by Gasteiger charge is 2.18. The van der Waals surface area contributed by atoms with Gasteiger partial charge >= 0.3 is 0 Å². The molecule has 0 saturated carbocycles. The fourth-order valence-electron chi connectivity index (χ4n) is 3.12. The normalized spacial score (nSPS) is 15.2. The van der Waals surface area contributed by atoms with Crippen molar-refractivity contribution in [2.24, 2.45) is 0 Å². The highest BCUT2D eigenvalue weighted by molar-refractivity contribution is 7.77. The molecule has 1 aliphatic heterocycles. The lowest BCUT2D eigenvalue weighted by Gasteiger charge is -2.27. The minimum absolute atomic E-state index is 0.120. The number of rotatable bonds is 6. The number of nitrogens with two attached hydrogens (primary N) is 1. The van der Waals surface area contributed by atoms with Gasteiger partial charge in [-0.2, -0.15) is 0 Å². The summed E-state index contributed by atoms with van der Waals surface area (Å²) in [4.78, 5) is 20.1. The third kappa shape index (κ3) is 4.76. The van der Waals surface area contributed by atoms with Crippen LogP contribution in [0.25, 0.3) is 22.5 Å². The van der Waals surface area contributed by atoms with Gasteiger partial charge in [-0.25, -0.2) is 23.9 Å². The molecule has 10 nitrogen and oxygen atoms in total. The van der Waals surface area contributed by atoms with Crippen molar-refractivity contribution in [1.82, 2.24) is 24.7 Å². The monoisotopic (exact) mass is 427 g/mol. The number of hydrogen-bond donors (Lipinski definition) is 3. The van der Waals surface area contributed by atoms with Crippen LogP contribution < -0.4 is 15.4 Å². The summed E-state index contributed by atoms with van der Waals surface area (Å²) in [5.74, 6) is 1.01. The van der Waals surface area contributed by atoms with Crippen molar-refractivity contribution in [2.75, 3.05) is 36.9 Å². The average molecular weight is 427 g/mol. The minimum Gasteiger partial charge on any atom is -0.384 e. The Hall–Kier alpha value is -2.99. The van der Waals surface area contributed by atoms with Gasteiger partial charge in [0, 0.05) is 36.6 Å². The Morgan fingerprint density at radius 1 is 1.17 bits per heavy atom. The summed E-state index contributed by atoms with van der Waals surface area (Å²) in [6.07, 6.45) is 3.31. The van der Waals surface area contributed by atoms with E-state index >= 15 is 0 Å². The Morgan fingerprint density at radius 3 is 2.70 bits per heavy atom. The van der Waals surface area contributed by atoms with Gasteiger partial charge in [0.25, 0.3) is 0 Å². The molecule has 1 aliphatic rings. The van der Waals surface area contributed by atoms with Gasteiger partial charge in [0.15, 0.2) is 0 Å². The lowest BCUT2D eigenvalue weighted by Crippen LogP contribution is -2.37. The summed E-state index contributed by atoms with van der Waals surface area (Å²) in [6.45, 7) is 2.71. The van der Waals surface area contributed by atoms with Gasteiger partial charge in [0.1, 0.15) is 5.82 Å². The van der Waals surface area contributed by atoms with Crippen LogP contribution in [0.5, 0.6) is 0 Å². The second-order valence-electron chi connectivity index (χ2n) is 6.58. The molecule has 0 amide bonds. The molecule has 0 aromatic carbocycles.